The van der Waals surface area contributed by atoms with E-state index < -0.39 is 12.7 Å². The molecule has 0 aromatic heterocycles. The summed E-state index contributed by atoms with van der Waals surface area (Å²) < 4.78 is 37.1. The second-order valence-corrected chi connectivity index (χ2v) is 4.63. The fraction of sp³-hybridized carbons (Fsp3) is 0.571. The average Bonchev–Trinajstić information content (AvgIpc) is 2.30. The lowest BCUT2D eigenvalue weighted by Crippen LogP contribution is -2.37. The first kappa shape index (κ1) is 15.8. The van der Waals surface area contributed by atoms with Gasteiger partial charge >= 0.3 is 6.18 Å². The first-order valence-electron chi connectivity index (χ1n) is 6.51. The fourth-order valence-corrected chi connectivity index (χ4v) is 1.96. The van der Waals surface area contributed by atoms with Gasteiger partial charge in [-0.15, -0.1) is 0 Å². The predicted molar refractivity (Wildman–Crippen MR) is 72.5 cm³/mol. The number of benzene rings is 1. The number of hydrogen-bond acceptors (Lipinski definition) is 2. The van der Waals surface area contributed by atoms with Crippen LogP contribution in [-0.2, 0) is 0 Å². The smallest absolute Gasteiger partial charge is 0.384 e. The van der Waals surface area contributed by atoms with Gasteiger partial charge in [-0.2, -0.15) is 13.2 Å². The third-order valence-corrected chi connectivity index (χ3v) is 2.83. The summed E-state index contributed by atoms with van der Waals surface area (Å²) in [7, 11) is 0. The van der Waals surface area contributed by atoms with Crippen molar-refractivity contribution < 1.29 is 13.2 Å². The molecule has 1 rings (SSSR count). The van der Waals surface area contributed by atoms with E-state index in [1.807, 2.05) is 38.1 Å². The molecule has 0 radical (unpaired) electrons. The second-order valence-electron chi connectivity index (χ2n) is 4.63. The SMILES string of the molecule is CCCN(CCNc1ccccc1C)CC(F)(F)F. The van der Waals surface area contributed by atoms with Crippen LogP contribution in [0.2, 0.25) is 0 Å². The van der Waals surface area contributed by atoms with Crippen molar-refractivity contribution in [1.29, 1.82) is 0 Å². The van der Waals surface area contributed by atoms with Gasteiger partial charge in [-0.3, -0.25) is 4.90 Å². The lowest BCUT2D eigenvalue weighted by atomic mass is 10.2. The Labute approximate surface area is 112 Å². The molecule has 1 aromatic carbocycles. The molecule has 0 spiro atoms. The molecule has 0 amide bonds. The predicted octanol–water partition coefficient (Wildman–Crippen LogP) is 3.68. The van der Waals surface area contributed by atoms with E-state index >= 15 is 0 Å². The van der Waals surface area contributed by atoms with Crippen molar-refractivity contribution in [2.45, 2.75) is 26.4 Å². The first-order valence-corrected chi connectivity index (χ1v) is 6.51. The van der Waals surface area contributed by atoms with Crippen molar-refractivity contribution in [2.75, 3.05) is 31.5 Å². The van der Waals surface area contributed by atoms with Crippen molar-refractivity contribution in [3.8, 4) is 0 Å². The molecule has 0 unspecified atom stereocenters. The van der Waals surface area contributed by atoms with Gasteiger partial charge in [-0.05, 0) is 31.5 Å². The van der Waals surface area contributed by atoms with E-state index in [-0.39, 0.29) is 0 Å². The molecule has 5 heteroatoms. The molecule has 1 N–H and O–H groups in total. The number of para-hydroxylation sites is 1. The summed E-state index contributed by atoms with van der Waals surface area (Å²) in [4.78, 5) is 1.44. The van der Waals surface area contributed by atoms with Crippen molar-refractivity contribution in [3.63, 3.8) is 0 Å². The summed E-state index contributed by atoms with van der Waals surface area (Å²) in [5, 5.41) is 3.18. The Kier molecular flexibility index (Phi) is 6.15. The summed E-state index contributed by atoms with van der Waals surface area (Å²) in [5.74, 6) is 0. The van der Waals surface area contributed by atoms with Crippen LogP contribution in [0.25, 0.3) is 0 Å². The van der Waals surface area contributed by atoms with Crippen LogP contribution in [0, 0.1) is 6.92 Å². The van der Waals surface area contributed by atoms with Crippen LogP contribution < -0.4 is 5.32 Å². The lowest BCUT2D eigenvalue weighted by Gasteiger charge is -2.23. The van der Waals surface area contributed by atoms with Crippen LogP contribution in [0.1, 0.15) is 18.9 Å². The first-order chi connectivity index (χ1) is 8.92. The second kappa shape index (κ2) is 7.38. The standard InChI is InChI=1S/C14H21F3N2/c1-3-9-19(11-14(15,16)17)10-8-18-13-7-5-4-6-12(13)2/h4-7,18H,3,8-11H2,1-2H3. The van der Waals surface area contributed by atoms with E-state index in [9.17, 15) is 13.2 Å². The molecule has 19 heavy (non-hydrogen) atoms. The minimum absolute atomic E-state index is 0.391. The molecule has 0 aliphatic rings. The zero-order valence-electron chi connectivity index (χ0n) is 11.4. The maximum absolute atomic E-state index is 12.4. The zero-order valence-corrected chi connectivity index (χ0v) is 11.4. The van der Waals surface area contributed by atoms with Gasteiger partial charge in [-0.1, -0.05) is 25.1 Å². The van der Waals surface area contributed by atoms with Crippen molar-refractivity contribution >= 4 is 5.69 Å². The van der Waals surface area contributed by atoms with Gasteiger partial charge in [0.05, 0.1) is 6.54 Å². The molecule has 0 saturated carbocycles. The summed E-state index contributed by atoms with van der Waals surface area (Å²) in [6.07, 6.45) is -3.40. The Morgan fingerprint density at radius 1 is 1.16 bits per heavy atom. The quantitative estimate of drug-likeness (QED) is 0.816. The number of aryl methyl sites for hydroxylation is 1. The minimum atomic E-state index is -4.13. The monoisotopic (exact) mass is 274 g/mol. The molecule has 0 heterocycles. The maximum atomic E-state index is 12.4. The van der Waals surface area contributed by atoms with E-state index in [1.54, 1.807) is 0 Å². The van der Waals surface area contributed by atoms with Gasteiger partial charge < -0.3 is 5.32 Å². The van der Waals surface area contributed by atoms with Crippen LogP contribution in [0.4, 0.5) is 18.9 Å². The highest BCUT2D eigenvalue weighted by molar-refractivity contribution is 5.50. The molecule has 1 aromatic rings. The van der Waals surface area contributed by atoms with Gasteiger partial charge in [0.25, 0.3) is 0 Å². The van der Waals surface area contributed by atoms with E-state index in [2.05, 4.69) is 5.32 Å². The largest absolute Gasteiger partial charge is 0.401 e. The molecule has 2 nitrogen and oxygen atoms in total. The molecule has 0 saturated heterocycles. The number of anilines is 1. The Balaban J connectivity index is 2.42. The Morgan fingerprint density at radius 3 is 2.42 bits per heavy atom. The Morgan fingerprint density at radius 2 is 1.84 bits per heavy atom. The maximum Gasteiger partial charge on any atom is 0.401 e. The van der Waals surface area contributed by atoms with Gasteiger partial charge in [0.1, 0.15) is 0 Å². The number of nitrogens with one attached hydrogen (secondary N) is 1. The van der Waals surface area contributed by atoms with Crippen molar-refractivity contribution in [2.24, 2.45) is 0 Å². The molecule has 108 valence electrons. The highest BCUT2D eigenvalue weighted by Crippen LogP contribution is 2.17. The summed E-state index contributed by atoms with van der Waals surface area (Å²) >= 11 is 0. The van der Waals surface area contributed by atoms with E-state index in [0.29, 0.717) is 19.6 Å². The summed E-state index contributed by atoms with van der Waals surface area (Å²) in [6, 6.07) is 7.76. The van der Waals surface area contributed by atoms with Crippen LogP contribution >= 0.6 is 0 Å². The summed E-state index contributed by atoms with van der Waals surface area (Å²) in [5.41, 5.74) is 2.08. The molecular formula is C14H21F3N2. The minimum Gasteiger partial charge on any atom is -0.384 e. The summed E-state index contributed by atoms with van der Waals surface area (Å²) in [6.45, 7) is 4.40. The van der Waals surface area contributed by atoms with Gasteiger partial charge in [0.2, 0.25) is 0 Å². The highest BCUT2D eigenvalue weighted by Gasteiger charge is 2.29. The molecule has 0 aliphatic heterocycles. The fourth-order valence-electron chi connectivity index (χ4n) is 1.96. The van der Waals surface area contributed by atoms with Crippen molar-refractivity contribution in [1.82, 2.24) is 4.90 Å². The number of rotatable bonds is 7. The van der Waals surface area contributed by atoms with Crippen molar-refractivity contribution in [3.05, 3.63) is 29.8 Å². The normalized spacial score (nSPS) is 11.9. The van der Waals surface area contributed by atoms with Gasteiger partial charge in [0, 0.05) is 18.8 Å². The van der Waals surface area contributed by atoms with Gasteiger partial charge in [0.15, 0.2) is 0 Å². The number of hydrogen-bond donors (Lipinski definition) is 1. The Bertz CT molecular complexity index is 377. The number of halogens is 3. The molecule has 0 atom stereocenters. The number of nitrogens with zero attached hydrogens (tertiary/aromatic N) is 1. The van der Waals surface area contributed by atoms with E-state index in [1.165, 1.54) is 4.90 Å². The molecule has 0 aliphatic carbocycles. The lowest BCUT2D eigenvalue weighted by molar-refractivity contribution is -0.145. The molecule has 0 fully saturated rings. The van der Waals surface area contributed by atoms with E-state index in [4.69, 9.17) is 0 Å². The topological polar surface area (TPSA) is 15.3 Å². The molecular weight excluding hydrogens is 253 g/mol. The van der Waals surface area contributed by atoms with Crippen LogP contribution in [0.15, 0.2) is 24.3 Å². The third kappa shape index (κ3) is 6.47. The average molecular weight is 274 g/mol. The highest BCUT2D eigenvalue weighted by atomic mass is 19.4. The number of alkyl halides is 3. The third-order valence-electron chi connectivity index (χ3n) is 2.83. The van der Waals surface area contributed by atoms with Crippen LogP contribution in [0.3, 0.4) is 0 Å². The van der Waals surface area contributed by atoms with Crippen LogP contribution in [-0.4, -0.2) is 37.3 Å². The molecule has 0 bridgehead atoms. The zero-order chi connectivity index (χ0) is 14.3. The van der Waals surface area contributed by atoms with Crippen LogP contribution in [0.5, 0.6) is 0 Å². The van der Waals surface area contributed by atoms with Gasteiger partial charge in [-0.25, -0.2) is 0 Å². The van der Waals surface area contributed by atoms with E-state index in [0.717, 1.165) is 17.7 Å². The Hall–Kier alpha value is -1.23.